The highest BCUT2D eigenvalue weighted by Gasteiger charge is 2.37. The summed E-state index contributed by atoms with van der Waals surface area (Å²) in [6.07, 6.45) is 5.04. The van der Waals surface area contributed by atoms with Gasteiger partial charge in [0.05, 0.1) is 18.5 Å². The lowest BCUT2D eigenvalue weighted by Crippen LogP contribution is -2.50. The second-order valence-electron chi connectivity index (χ2n) is 5.54. The topological polar surface area (TPSA) is 58.6 Å². The van der Waals surface area contributed by atoms with Crippen molar-refractivity contribution in [2.75, 3.05) is 19.0 Å². The van der Waals surface area contributed by atoms with Crippen LogP contribution < -0.4 is 5.32 Å². The normalized spacial score (nSPS) is 23.4. The number of ether oxygens (including phenoxy) is 1. The summed E-state index contributed by atoms with van der Waals surface area (Å²) in [6.45, 7) is 3.60. The van der Waals surface area contributed by atoms with Gasteiger partial charge >= 0.3 is 5.97 Å². The number of aliphatic carboxylic acids is 1. The number of hydrogen-bond acceptors (Lipinski definition) is 4. The molecule has 1 saturated carbocycles. The molecule has 0 aromatic heterocycles. The molecule has 2 fully saturated rings. The maximum absolute atomic E-state index is 11.3. The second-order valence-corrected chi connectivity index (χ2v) is 6.95. The Morgan fingerprint density at radius 3 is 2.67 bits per heavy atom. The van der Waals surface area contributed by atoms with E-state index < -0.39 is 11.5 Å². The highest BCUT2D eigenvalue weighted by Crippen LogP contribution is 2.26. The molecule has 0 bridgehead atoms. The molecule has 104 valence electrons. The molecule has 4 nitrogen and oxygen atoms in total. The predicted molar refractivity (Wildman–Crippen MR) is 73.1 cm³/mol. The fourth-order valence-electron chi connectivity index (χ4n) is 2.06. The van der Waals surface area contributed by atoms with Gasteiger partial charge in [-0.3, -0.25) is 10.1 Å². The number of nitrogens with one attached hydrogen (secondary N) is 1. The van der Waals surface area contributed by atoms with Crippen molar-refractivity contribution in [1.29, 1.82) is 0 Å². The summed E-state index contributed by atoms with van der Waals surface area (Å²) in [7, 11) is 0. The molecule has 1 aliphatic heterocycles. The van der Waals surface area contributed by atoms with Crippen molar-refractivity contribution in [2.24, 2.45) is 0 Å². The third-order valence-electron chi connectivity index (χ3n) is 3.60. The molecule has 2 N–H and O–H groups in total. The van der Waals surface area contributed by atoms with Crippen molar-refractivity contribution in [3.63, 3.8) is 0 Å². The van der Waals surface area contributed by atoms with Crippen LogP contribution in [0.3, 0.4) is 0 Å². The summed E-state index contributed by atoms with van der Waals surface area (Å²) >= 11 is 1.96. The van der Waals surface area contributed by atoms with Crippen LogP contribution in [0.1, 0.15) is 39.0 Å². The van der Waals surface area contributed by atoms with Gasteiger partial charge in [0.2, 0.25) is 0 Å². The average molecular weight is 273 g/mol. The van der Waals surface area contributed by atoms with E-state index in [0.717, 1.165) is 51.1 Å². The first-order valence-corrected chi connectivity index (χ1v) is 7.85. The maximum Gasteiger partial charge on any atom is 0.323 e. The first-order valence-electron chi connectivity index (χ1n) is 6.80. The Balaban J connectivity index is 1.60. The van der Waals surface area contributed by atoms with E-state index in [1.54, 1.807) is 0 Å². The number of hydrogen-bond donors (Lipinski definition) is 2. The van der Waals surface area contributed by atoms with Gasteiger partial charge in [0, 0.05) is 6.04 Å². The Kier molecular flexibility index (Phi) is 4.92. The van der Waals surface area contributed by atoms with Gasteiger partial charge < -0.3 is 9.84 Å². The minimum Gasteiger partial charge on any atom is -0.480 e. The summed E-state index contributed by atoms with van der Waals surface area (Å²) in [5.41, 5.74) is -0.731. The molecule has 1 aliphatic carbocycles. The fraction of sp³-hybridized carbons (Fsp3) is 0.923. The molecule has 1 saturated heterocycles. The van der Waals surface area contributed by atoms with Gasteiger partial charge in [0.15, 0.2) is 0 Å². The Hall–Kier alpha value is -0.260. The molecular weight excluding hydrogens is 250 g/mol. The lowest BCUT2D eigenvalue weighted by atomic mass is 9.95. The van der Waals surface area contributed by atoms with Crippen LogP contribution in [-0.4, -0.2) is 46.9 Å². The third-order valence-corrected chi connectivity index (χ3v) is 4.87. The van der Waals surface area contributed by atoms with Crippen molar-refractivity contribution >= 4 is 17.7 Å². The minimum absolute atomic E-state index is 0.438. The van der Waals surface area contributed by atoms with E-state index in [2.05, 4.69) is 5.32 Å². The zero-order valence-corrected chi connectivity index (χ0v) is 11.8. The van der Waals surface area contributed by atoms with Crippen LogP contribution in [0, 0.1) is 0 Å². The van der Waals surface area contributed by atoms with E-state index in [-0.39, 0.29) is 0 Å². The highest BCUT2D eigenvalue weighted by molar-refractivity contribution is 8.00. The first kappa shape index (κ1) is 14.2. The fourth-order valence-corrected chi connectivity index (χ4v) is 3.15. The van der Waals surface area contributed by atoms with E-state index in [1.807, 2.05) is 18.7 Å². The monoisotopic (exact) mass is 273 g/mol. The van der Waals surface area contributed by atoms with Gasteiger partial charge in [-0.2, -0.15) is 11.8 Å². The molecule has 1 unspecified atom stereocenters. The molecule has 2 aliphatic rings. The Bertz CT molecular complexity index is 292. The van der Waals surface area contributed by atoms with Crippen molar-refractivity contribution in [1.82, 2.24) is 5.32 Å². The van der Waals surface area contributed by atoms with Gasteiger partial charge in [-0.25, -0.2) is 0 Å². The molecule has 0 aromatic rings. The standard InChI is InChI=1S/C13H23NO3S/c1-13(12(15)16,14-10-4-5-10)6-2-3-7-18-11-8-17-9-11/h10-11,14H,2-9H2,1H3,(H,15,16). The molecule has 0 amide bonds. The van der Waals surface area contributed by atoms with Gasteiger partial charge in [-0.05, 0) is 38.4 Å². The van der Waals surface area contributed by atoms with E-state index in [0.29, 0.717) is 11.3 Å². The molecule has 1 atom stereocenters. The summed E-state index contributed by atoms with van der Waals surface area (Å²) < 4.78 is 5.12. The molecule has 2 rings (SSSR count). The zero-order valence-electron chi connectivity index (χ0n) is 11.0. The van der Waals surface area contributed by atoms with Gasteiger partial charge in [0.25, 0.3) is 0 Å². The van der Waals surface area contributed by atoms with Crippen molar-refractivity contribution in [2.45, 2.75) is 55.9 Å². The van der Waals surface area contributed by atoms with Gasteiger partial charge in [-0.15, -0.1) is 0 Å². The van der Waals surface area contributed by atoms with Gasteiger partial charge in [-0.1, -0.05) is 6.42 Å². The molecule has 0 radical (unpaired) electrons. The summed E-state index contributed by atoms with van der Waals surface area (Å²) in [5, 5.41) is 13.3. The molecule has 0 aromatic carbocycles. The number of carboxylic acids is 1. The number of unbranched alkanes of at least 4 members (excludes halogenated alkanes) is 1. The Morgan fingerprint density at radius 1 is 1.44 bits per heavy atom. The third kappa shape index (κ3) is 4.14. The molecule has 18 heavy (non-hydrogen) atoms. The summed E-state index contributed by atoms with van der Waals surface area (Å²) in [4.78, 5) is 11.3. The van der Waals surface area contributed by atoms with Crippen LogP contribution in [-0.2, 0) is 9.53 Å². The summed E-state index contributed by atoms with van der Waals surface area (Å²) in [6, 6.07) is 0.438. The minimum atomic E-state index is -0.731. The number of rotatable bonds is 9. The number of thioether (sulfide) groups is 1. The summed E-state index contributed by atoms with van der Waals surface area (Å²) in [5.74, 6) is 0.405. The van der Waals surface area contributed by atoms with E-state index in [9.17, 15) is 9.90 Å². The molecule has 5 heteroatoms. The van der Waals surface area contributed by atoms with Crippen LogP contribution in [0.4, 0.5) is 0 Å². The predicted octanol–water partition coefficient (Wildman–Crippen LogP) is 1.88. The second kappa shape index (κ2) is 6.26. The zero-order chi connectivity index (χ0) is 13.0. The number of carbonyl (C=O) groups is 1. The molecule has 0 spiro atoms. The highest BCUT2D eigenvalue weighted by atomic mass is 32.2. The van der Waals surface area contributed by atoms with Gasteiger partial charge in [0.1, 0.15) is 5.54 Å². The van der Waals surface area contributed by atoms with Crippen LogP contribution in [0.5, 0.6) is 0 Å². The SMILES string of the molecule is CC(CCCCSC1COC1)(NC1CC1)C(=O)O. The Labute approximate surface area is 113 Å². The maximum atomic E-state index is 11.3. The van der Waals surface area contributed by atoms with Crippen molar-refractivity contribution < 1.29 is 14.6 Å². The van der Waals surface area contributed by atoms with Crippen molar-refractivity contribution in [3.05, 3.63) is 0 Å². The average Bonchev–Trinajstić information content (AvgIpc) is 3.04. The van der Waals surface area contributed by atoms with Crippen LogP contribution in [0.25, 0.3) is 0 Å². The first-order chi connectivity index (χ1) is 8.60. The van der Waals surface area contributed by atoms with Crippen LogP contribution >= 0.6 is 11.8 Å². The quantitative estimate of drug-likeness (QED) is 0.628. The van der Waals surface area contributed by atoms with E-state index >= 15 is 0 Å². The molecule has 1 heterocycles. The lowest BCUT2D eigenvalue weighted by Gasteiger charge is -2.27. The van der Waals surface area contributed by atoms with Crippen LogP contribution in [0.15, 0.2) is 0 Å². The largest absolute Gasteiger partial charge is 0.480 e. The van der Waals surface area contributed by atoms with Crippen LogP contribution in [0.2, 0.25) is 0 Å². The van der Waals surface area contributed by atoms with E-state index in [4.69, 9.17) is 4.74 Å². The van der Waals surface area contributed by atoms with E-state index in [1.165, 1.54) is 0 Å². The van der Waals surface area contributed by atoms with Crippen molar-refractivity contribution in [3.8, 4) is 0 Å². The lowest BCUT2D eigenvalue weighted by molar-refractivity contribution is -0.144. The number of carboxylic acid groups (broad SMARTS) is 1. The molecular formula is C13H23NO3S. The smallest absolute Gasteiger partial charge is 0.323 e. The Morgan fingerprint density at radius 2 is 2.17 bits per heavy atom.